The number of fused-ring (bicyclic) bond motifs is 3. The van der Waals surface area contributed by atoms with Crippen LogP contribution in [0.3, 0.4) is 0 Å². The summed E-state index contributed by atoms with van der Waals surface area (Å²) in [6.45, 7) is 2.06. The number of pyridine rings is 1. The van der Waals surface area contributed by atoms with Crippen molar-refractivity contribution in [3.05, 3.63) is 46.8 Å². The quantitative estimate of drug-likeness (QED) is 0.604. The summed E-state index contributed by atoms with van der Waals surface area (Å²) < 4.78 is 3.21. The van der Waals surface area contributed by atoms with Gasteiger partial charge >= 0.3 is 0 Å². The van der Waals surface area contributed by atoms with Crippen molar-refractivity contribution < 1.29 is 0 Å². The molecule has 1 aromatic carbocycles. The summed E-state index contributed by atoms with van der Waals surface area (Å²) in [5.74, 6) is 0. The average Bonchev–Trinajstić information content (AvgIpc) is 2.62. The average molecular weight is 261 g/mol. The largest absolute Gasteiger partial charge is 0.303 e. The van der Waals surface area contributed by atoms with Gasteiger partial charge in [0.05, 0.1) is 0 Å². The van der Waals surface area contributed by atoms with Crippen molar-refractivity contribution in [2.24, 2.45) is 0 Å². The molecule has 0 atom stereocenters. The highest BCUT2D eigenvalue weighted by Gasteiger charge is 2.06. The smallest absolute Gasteiger partial charge is 0.144 e. The van der Waals surface area contributed by atoms with E-state index in [4.69, 9.17) is 0 Å². The van der Waals surface area contributed by atoms with Crippen molar-refractivity contribution >= 4 is 32.3 Å². The van der Waals surface area contributed by atoms with Gasteiger partial charge in [0.1, 0.15) is 5.65 Å². The van der Waals surface area contributed by atoms with Crippen LogP contribution in [0.2, 0.25) is 0 Å². The normalized spacial score (nSPS) is 11.3. The fourth-order valence-electron chi connectivity index (χ4n) is 1.88. The van der Waals surface area contributed by atoms with Crippen molar-refractivity contribution in [2.45, 2.75) is 6.92 Å². The number of aromatic nitrogens is 2. The molecule has 15 heavy (non-hydrogen) atoms. The number of imidazole rings is 1. The Morgan fingerprint density at radius 2 is 1.93 bits per heavy atom. The van der Waals surface area contributed by atoms with Crippen molar-refractivity contribution in [1.29, 1.82) is 0 Å². The van der Waals surface area contributed by atoms with Gasteiger partial charge in [0.25, 0.3) is 0 Å². The molecule has 0 radical (unpaired) electrons. The van der Waals surface area contributed by atoms with Crippen LogP contribution in [0, 0.1) is 6.92 Å². The molecule has 3 heteroatoms. The zero-order valence-corrected chi connectivity index (χ0v) is 9.82. The Kier molecular flexibility index (Phi) is 1.83. The molecule has 74 valence electrons. The van der Waals surface area contributed by atoms with E-state index in [0.717, 1.165) is 15.8 Å². The third kappa shape index (κ3) is 1.20. The molecule has 0 saturated heterocycles. The lowest BCUT2D eigenvalue weighted by molar-refractivity contribution is 1.11. The van der Waals surface area contributed by atoms with Crippen LogP contribution < -0.4 is 0 Å². The zero-order chi connectivity index (χ0) is 10.4. The molecule has 0 fully saturated rings. The summed E-state index contributed by atoms with van der Waals surface area (Å²) in [6.07, 6.45) is 3.97. The Labute approximate surface area is 95.7 Å². The number of halogens is 1. The summed E-state index contributed by atoms with van der Waals surface area (Å²) in [6, 6.07) is 8.28. The van der Waals surface area contributed by atoms with E-state index in [1.807, 2.05) is 18.3 Å². The summed E-state index contributed by atoms with van der Waals surface area (Å²) in [7, 11) is 0. The lowest BCUT2D eigenvalue weighted by Gasteiger charge is -2.04. The summed E-state index contributed by atoms with van der Waals surface area (Å²) >= 11 is 3.59. The third-order valence-electron chi connectivity index (χ3n) is 2.65. The number of rotatable bonds is 0. The number of aryl methyl sites for hydroxylation is 1. The van der Waals surface area contributed by atoms with E-state index in [0.29, 0.717) is 0 Å². The minimum atomic E-state index is 1.02. The molecule has 0 unspecified atom stereocenters. The SMILES string of the molecule is Cc1cnc2c3ccccc3c(Br)cn12. The maximum Gasteiger partial charge on any atom is 0.144 e. The van der Waals surface area contributed by atoms with Gasteiger partial charge in [-0.05, 0) is 22.9 Å². The lowest BCUT2D eigenvalue weighted by atomic mass is 10.2. The van der Waals surface area contributed by atoms with Crippen LogP contribution in [0.4, 0.5) is 0 Å². The van der Waals surface area contributed by atoms with Crippen LogP contribution in [0.25, 0.3) is 16.4 Å². The van der Waals surface area contributed by atoms with E-state index in [1.54, 1.807) is 0 Å². The predicted molar refractivity (Wildman–Crippen MR) is 65.1 cm³/mol. The molecular weight excluding hydrogens is 252 g/mol. The highest BCUT2D eigenvalue weighted by Crippen LogP contribution is 2.27. The first-order valence-electron chi connectivity index (χ1n) is 4.78. The second-order valence-corrected chi connectivity index (χ2v) is 4.47. The number of hydrogen-bond donors (Lipinski definition) is 0. The first kappa shape index (κ1) is 8.92. The molecule has 0 aliphatic carbocycles. The molecule has 0 aliphatic heterocycles. The third-order valence-corrected chi connectivity index (χ3v) is 3.28. The highest BCUT2D eigenvalue weighted by atomic mass is 79.9. The number of benzene rings is 1. The lowest BCUT2D eigenvalue weighted by Crippen LogP contribution is -1.89. The van der Waals surface area contributed by atoms with E-state index >= 15 is 0 Å². The fraction of sp³-hybridized carbons (Fsp3) is 0.0833. The second-order valence-electron chi connectivity index (χ2n) is 3.62. The van der Waals surface area contributed by atoms with Crippen LogP contribution in [0.5, 0.6) is 0 Å². The Morgan fingerprint density at radius 3 is 2.73 bits per heavy atom. The number of hydrogen-bond acceptors (Lipinski definition) is 1. The Bertz CT molecular complexity index is 655. The molecule has 2 nitrogen and oxygen atoms in total. The molecule has 0 N–H and O–H groups in total. The molecule has 3 aromatic rings. The van der Waals surface area contributed by atoms with Gasteiger partial charge in [0.2, 0.25) is 0 Å². The molecule has 0 saturated carbocycles. The van der Waals surface area contributed by atoms with Crippen LogP contribution in [-0.4, -0.2) is 9.38 Å². The molecule has 2 aromatic heterocycles. The first-order valence-corrected chi connectivity index (χ1v) is 5.57. The monoisotopic (exact) mass is 260 g/mol. The van der Waals surface area contributed by atoms with Crippen molar-refractivity contribution in [1.82, 2.24) is 9.38 Å². The van der Waals surface area contributed by atoms with Gasteiger partial charge in [-0.25, -0.2) is 4.98 Å². The van der Waals surface area contributed by atoms with Crippen LogP contribution in [0.15, 0.2) is 41.1 Å². The van der Waals surface area contributed by atoms with E-state index in [1.165, 1.54) is 10.8 Å². The van der Waals surface area contributed by atoms with E-state index < -0.39 is 0 Å². The maximum atomic E-state index is 4.43. The summed E-state index contributed by atoms with van der Waals surface area (Å²) in [5.41, 5.74) is 2.17. The zero-order valence-electron chi connectivity index (χ0n) is 8.24. The van der Waals surface area contributed by atoms with Gasteiger partial charge in [0, 0.05) is 33.3 Å². The predicted octanol–water partition coefficient (Wildman–Crippen LogP) is 3.56. The second kappa shape index (κ2) is 3.07. The summed E-state index contributed by atoms with van der Waals surface area (Å²) in [4.78, 5) is 4.43. The van der Waals surface area contributed by atoms with Crippen LogP contribution >= 0.6 is 15.9 Å². The van der Waals surface area contributed by atoms with Gasteiger partial charge < -0.3 is 4.40 Å². The summed E-state index contributed by atoms with van der Waals surface area (Å²) in [5, 5.41) is 2.38. The maximum absolute atomic E-state index is 4.43. The van der Waals surface area contributed by atoms with Crippen molar-refractivity contribution in [3.63, 3.8) is 0 Å². The van der Waals surface area contributed by atoms with Gasteiger partial charge in [-0.15, -0.1) is 0 Å². The van der Waals surface area contributed by atoms with E-state index in [9.17, 15) is 0 Å². The highest BCUT2D eigenvalue weighted by molar-refractivity contribution is 9.10. The minimum absolute atomic E-state index is 1.02. The number of nitrogens with zero attached hydrogens (tertiary/aromatic N) is 2. The van der Waals surface area contributed by atoms with Gasteiger partial charge in [-0.1, -0.05) is 24.3 Å². The molecule has 0 aliphatic rings. The molecule has 2 heterocycles. The standard InChI is InChI=1S/C12H9BrN2/c1-8-6-14-12-10-5-3-2-4-9(10)11(13)7-15(8)12/h2-7H,1H3. The topological polar surface area (TPSA) is 17.3 Å². The van der Waals surface area contributed by atoms with Gasteiger partial charge in [-0.2, -0.15) is 0 Å². The van der Waals surface area contributed by atoms with E-state index in [2.05, 4.69) is 50.6 Å². The molecule has 3 rings (SSSR count). The van der Waals surface area contributed by atoms with E-state index in [-0.39, 0.29) is 0 Å². The van der Waals surface area contributed by atoms with Crippen molar-refractivity contribution in [3.8, 4) is 0 Å². The molecule has 0 spiro atoms. The molecule has 0 amide bonds. The Hall–Kier alpha value is -1.35. The van der Waals surface area contributed by atoms with Crippen LogP contribution in [-0.2, 0) is 0 Å². The molecular formula is C12H9BrN2. The van der Waals surface area contributed by atoms with Crippen LogP contribution in [0.1, 0.15) is 5.69 Å². The minimum Gasteiger partial charge on any atom is -0.303 e. The Balaban J connectivity index is 2.65. The van der Waals surface area contributed by atoms with Gasteiger partial charge in [0.15, 0.2) is 0 Å². The first-order chi connectivity index (χ1) is 7.27. The Morgan fingerprint density at radius 1 is 1.20 bits per heavy atom. The fourth-order valence-corrected chi connectivity index (χ4v) is 2.43. The van der Waals surface area contributed by atoms with Gasteiger partial charge in [-0.3, -0.25) is 0 Å². The molecule has 0 bridgehead atoms. The van der Waals surface area contributed by atoms with Crippen molar-refractivity contribution in [2.75, 3.05) is 0 Å².